The fourth-order valence-corrected chi connectivity index (χ4v) is 9.89. The van der Waals surface area contributed by atoms with Crippen molar-refractivity contribution in [3.63, 3.8) is 0 Å². The second kappa shape index (κ2) is 27.9. The van der Waals surface area contributed by atoms with Crippen LogP contribution in [0.3, 0.4) is 0 Å². The van der Waals surface area contributed by atoms with Gasteiger partial charge in [-0.25, -0.2) is 0 Å². The lowest BCUT2D eigenvalue weighted by atomic mass is 9.96. The van der Waals surface area contributed by atoms with E-state index >= 15 is 0 Å². The Kier molecular flexibility index (Phi) is 23.2. The van der Waals surface area contributed by atoms with Gasteiger partial charge in [0.05, 0.1) is 19.0 Å². The number of amides is 11. The zero-order valence-electron chi connectivity index (χ0n) is 40.0. The Morgan fingerprint density at radius 2 is 1.40 bits per heavy atom. The molecule has 2 saturated heterocycles. The first-order chi connectivity index (χ1) is 32.9. The molecule has 2 heterocycles. The van der Waals surface area contributed by atoms with Crippen molar-refractivity contribution >= 4 is 86.6 Å². The molecule has 9 atom stereocenters. The van der Waals surface area contributed by atoms with Crippen LogP contribution in [0, 0.1) is 11.8 Å². The summed E-state index contributed by atoms with van der Waals surface area (Å²) in [4.78, 5) is 150. The lowest BCUT2D eigenvalue weighted by Crippen LogP contribution is -2.61. The summed E-state index contributed by atoms with van der Waals surface area (Å²) in [5, 5.41) is 25.4. The van der Waals surface area contributed by atoms with Gasteiger partial charge in [-0.2, -0.15) is 0 Å². The topological polar surface area (TPSA) is 391 Å². The van der Waals surface area contributed by atoms with Crippen molar-refractivity contribution in [2.75, 3.05) is 31.6 Å². The van der Waals surface area contributed by atoms with Gasteiger partial charge in [0.2, 0.25) is 65.0 Å². The highest BCUT2D eigenvalue weighted by atomic mass is 33.1. The summed E-state index contributed by atoms with van der Waals surface area (Å²) in [6.07, 6.45) is -0.677. The molecule has 1 aromatic carbocycles. The molecule has 2 aliphatic rings. The van der Waals surface area contributed by atoms with Crippen molar-refractivity contribution in [1.82, 2.24) is 41.7 Å². The van der Waals surface area contributed by atoms with Crippen LogP contribution >= 0.6 is 21.6 Å². The monoisotopic (exact) mass is 1020 g/mol. The van der Waals surface area contributed by atoms with Crippen LogP contribution in [0.1, 0.15) is 78.2 Å². The highest BCUT2D eigenvalue weighted by Gasteiger charge is 2.41. The molecule has 15 N–H and O–H groups in total. The Morgan fingerprint density at radius 1 is 0.800 bits per heavy atom. The molecule has 24 nitrogen and oxygen atoms in total. The third-order valence-electron chi connectivity index (χ3n) is 11.6. The number of nitrogens with two attached hydrogens (primary N) is 4. The molecule has 0 unspecified atom stereocenters. The van der Waals surface area contributed by atoms with Crippen molar-refractivity contribution in [3.8, 4) is 5.75 Å². The van der Waals surface area contributed by atoms with E-state index in [4.69, 9.17) is 22.9 Å². The van der Waals surface area contributed by atoms with Gasteiger partial charge in [0.15, 0.2) is 0 Å². The van der Waals surface area contributed by atoms with Gasteiger partial charge in [-0.3, -0.25) is 52.7 Å². The fourth-order valence-electron chi connectivity index (χ4n) is 7.61. The minimum absolute atomic E-state index is 0.0463. The molecule has 11 amide bonds. The van der Waals surface area contributed by atoms with E-state index in [2.05, 4.69) is 31.9 Å². The number of phenolic OH excluding ortho intramolecular Hbond substituents is 1. The van der Waals surface area contributed by atoms with Gasteiger partial charge in [-0.1, -0.05) is 67.8 Å². The van der Waals surface area contributed by atoms with E-state index in [0.717, 1.165) is 26.5 Å². The van der Waals surface area contributed by atoms with E-state index in [1.165, 1.54) is 36.2 Å². The number of nitrogens with zero attached hydrogens (tertiary/aromatic N) is 2. The smallest absolute Gasteiger partial charge is 0.246 e. The largest absolute Gasteiger partial charge is 0.508 e. The van der Waals surface area contributed by atoms with Crippen LogP contribution < -0.4 is 54.8 Å². The molecule has 0 bridgehead atoms. The van der Waals surface area contributed by atoms with Crippen LogP contribution in [0.15, 0.2) is 24.3 Å². The molecule has 0 radical (unpaired) electrons. The van der Waals surface area contributed by atoms with E-state index < -0.39 is 145 Å². The number of rotatable bonds is 17. The molecule has 0 saturated carbocycles. The highest BCUT2D eigenvalue weighted by molar-refractivity contribution is 8.76. The quantitative estimate of drug-likeness (QED) is 0.0683. The molecule has 0 spiro atoms. The van der Waals surface area contributed by atoms with Crippen molar-refractivity contribution in [1.29, 1.82) is 0 Å². The molecule has 388 valence electrons. The second-order valence-electron chi connectivity index (χ2n) is 17.9. The summed E-state index contributed by atoms with van der Waals surface area (Å²) in [7, 11) is 3.41. The van der Waals surface area contributed by atoms with E-state index in [0.29, 0.717) is 18.4 Å². The van der Waals surface area contributed by atoms with E-state index in [-0.39, 0.29) is 49.0 Å². The number of phenols is 1. The van der Waals surface area contributed by atoms with E-state index in [1.54, 1.807) is 13.8 Å². The number of likely N-dealkylation sites (tertiary alicyclic amines) is 1. The zero-order chi connectivity index (χ0) is 52.4. The van der Waals surface area contributed by atoms with Gasteiger partial charge in [0.1, 0.15) is 48.0 Å². The normalized spacial score (nSPS) is 24.1. The van der Waals surface area contributed by atoms with Crippen molar-refractivity contribution in [2.24, 2.45) is 34.8 Å². The maximum atomic E-state index is 14.5. The van der Waals surface area contributed by atoms with Gasteiger partial charge in [0, 0.05) is 37.9 Å². The molecule has 70 heavy (non-hydrogen) atoms. The summed E-state index contributed by atoms with van der Waals surface area (Å²) in [5.74, 6) is -10.2. The number of primary amides is 3. The number of carbonyl (C=O) groups excluding carboxylic acids is 11. The molecule has 0 aromatic heterocycles. The first-order valence-electron chi connectivity index (χ1n) is 22.9. The first kappa shape index (κ1) is 58.2. The lowest BCUT2D eigenvalue weighted by Gasteiger charge is -2.31. The number of nitrogens with one attached hydrogen (secondary N) is 6. The number of benzene rings is 1. The maximum absolute atomic E-state index is 14.5. The molecule has 26 heteroatoms. The molecule has 1 aromatic rings. The average Bonchev–Trinajstić information content (AvgIpc) is 3.79. The molecule has 0 aliphatic carbocycles. The zero-order valence-corrected chi connectivity index (χ0v) is 41.7. The molecule has 3 rings (SSSR count). The number of likely N-dealkylation sites (N-methyl/N-ethyl adjacent to an activating group) is 1. The third-order valence-corrected chi connectivity index (χ3v) is 14.0. The Balaban J connectivity index is 2.06. The van der Waals surface area contributed by atoms with Gasteiger partial charge in [-0.15, -0.1) is 0 Å². The summed E-state index contributed by atoms with van der Waals surface area (Å²) in [5.41, 5.74) is 23.1. The van der Waals surface area contributed by atoms with Gasteiger partial charge >= 0.3 is 0 Å². The second-order valence-corrected chi connectivity index (χ2v) is 20.4. The maximum Gasteiger partial charge on any atom is 0.246 e. The molecule has 2 aliphatic heterocycles. The van der Waals surface area contributed by atoms with Crippen LogP contribution in [-0.4, -0.2) is 160 Å². The SMILES string of the molecule is CC[C@H](C)[C@@H]1NC(=O)[C@H](Cc2ccc(O)cc2)NC(=O)[C@@H](N)CSSC[C@@H](C(=O)N2CCC[C@H]2C(=O)N[C@@H](CC(C)C)C(=O)N(C)CC(N)=O)NC(=O)[C@H](CC(N)=O)NC(=O)[C@H](CCC(N)=O)NC1=O. The van der Waals surface area contributed by atoms with Crippen LogP contribution in [0.2, 0.25) is 0 Å². The Bertz CT molecular complexity index is 2080. The third kappa shape index (κ3) is 18.3. The van der Waals surface area contributed by atoms with E-state index in [1.807, 2.05) is 13.8 Å². The Hall–Kier alpha value is -6.15. The lowest BCUT2D eigenvalue weighted by molar-refractivity contribution is -0.143. The minimum Gasteiger partial charge on any atom is -0.508 e. The van der Waals surface area contributed by atoms with Crippen LogP contribution in [-0.2, 0) is 59.2 Å². The number of carbonyl (C=O) groups is 11. The standard InChI is InChI=1S/C44H68N12O12S2/c1-6-23(4)36-42(66)49-27(13-14-33(46)58)38(62)51-29(18-34(47)59)39(63)53-31(21-70-69-20-26(45)37(61)50-28(40(64)54-36)17-24-9-11-25(57)12-10-24)44(68)56-15-7-8-32(56)41(65)52-30(16-22(2)3)43(67)55(5)19-35(48)60/h9-12,22-23,26-32,36,57H,6-8,13-21,45H2,1-5H3,(H2,46,58)(H2,47,59)(H2,48,60)(H,49,66)(H,50,61)(H,51,62)(H,52,65)(H,53,63)(H,54,64)/t23-,26-,27-,28-,29-,30-,31-,32-,36-/m0/s1. The summed E-state index contributed by atoms with van der Waals surface area (Å²) >= 11 is 0. The average molecular weight is 1020 g/mol. The fraction of sp³-hybridized carbons (Fsp3) is 0.614. The number of hydrogen-bond donors (Lipinski definition) is 11. The predicted molar refractivity (Wildman–Crippen MR) is 259 cm³/mol. The predicted octanol–water partition coefficient (Wildman–Crippen LogP) is -3.27. The summed E-state index contributed by atoms with van der Waals surface area (Å²) in [6, 6.07) is -5.03. The van der Waals surface area contributed by atoms with Crippen molar-refractivity contribution in [2.45, 2.75) is 127 Å². The molecular weight excluding hydrogens is 953 g/mol. The van der Waals surface area contributed by atoms with Gasteiger partial charge in [-0.05, 0) is 55.2 Å². The van der Waals surface area contributed by atoms with Gasteiger partial charge in [0.25, 0.3) is 0 Å². The summed E-state index contributed by atoms with van der Waals surface area (Å²) < 4.78 is 0. The van der Waals surface area contributed by atoms with Gasteiger partial charge < -0.3 is 69.7 Å². The van der Waals surface area contributed by atoms with Crippen LogP contribution in [0.5, 0.6) is 5.75 Å². The Morgan fingerprint density at radius 3 is 2.00 bits per heavy atom. The minimum atomic E-state index is -1.75. The van der Waals surface area contributed by atoms with E-state index in [9.17, 15) is 57.8 Å². The first-order valence-corrected chi connectivity index (χ1v) is 25.4. The number of hydrogen-bond acceptors (Lipinski definition) is 15. The molecular formula is C44H68N12O12S2. The Labute approximate surface area is 414 Å². The molecule has 2 fully saturated rings. The van der Waals surface area contributed by atoms with Crippen LogP contribution in [0.4, 0.5) is 0 Å². The van der Waals surface area contributed by atoms with Crippen molar-refractivity contribution in [3.05, 3.63) is 29.8 Å². The van der Waals surface area contributed by atoms with Crippen LogP contribution in [0.25, 0.3) is 0 Å². The highest BCUT2D eigenvalue weighted by Crippen LogP contribution is 2.26. The number of aromatic hydroxyl groups is 1. The van der Waals surface area contributed by atoms with Crippen molar-refractivity contribution < 1.29 is 57.8 Å². The summed E-state index contributed by atoms with van der Waals surface area (Å²) in [6.45, 7) is 6.70.